The normalized spacial score (nSPS) is 12.0. The van der Waals surface area contributed by atoms with E-state index < -0.39 is 15.9 Å². The van der Waals surface area contributed by atoms with Crippen molar-refractivity contribution in [1.82, 2.24) is 8.87 Å². The highest BCUT2D eigenvalue weighted by Gasteiger charge is 2.25. The van der Waals surface area contributed by atoms with Gasteiger partial charge < -0.3 is 9.88 Å². The van der Waals surface area contributed by atoms with Crippen LogP contribution in [-0.4, -0.2) is 36.3 Å². The van der Waals surface area contributed by atoms with Crippen LogP contribution < -0.4 is 5.32 Å². The lowest BCUT2D eigenvalue weighted by molar-refractivity contribution is -0.116. The third kappa shape index (κ3) is 4.11. The number of carbonyl (C=O) groups is 1. The molecule has 8 heteroatoms. The first-order valence-electron chi connectivity index (χ1n) is 10.4. The molecule has 0 saturated carbocycles. The molecule has 0 unspecified atom stereocenters. The van der Waals surface area contributed by atoms with Crippen LogP contribution in [0.15, 0.2) is 71.6 Å². The summed E-state index contributed by atoms with van der Waals surface area (Å²) in [5.74, 6) is -0.400. The number of rotatable bonds is 7. The van der Waals surface area contributed by atoms with Crippen molar-refractivity contribution >= 4 is 55.0 Å². The second-order valence-corrected chi connectivity index (χ2v) is 9.80. The molecule has 0 aliphatic rings. The van der Waals surface area contributed by atoms with Crippen molar-refractivity contribution in [1.29, 1.82) is 0 Å². The van der Waals surface area contributed by atoms with Crippen LogP contribution in [0.1, 0.15) is 13.8 Å². The molecule has 4 rings (SSSR count). The maximum atomic E-state index is 12.9. The van der Waals surface area contributed by atoms with Gasteiger partial charge in [-0.15, -0.1) is 0 Å². The zero-order valence-electron chi connectivity index (χ0n) is 17.9. The summed E-state index contributed by atoms with van der Waals surface area (Å²) < 4.78 is 29.2. The van der Waals surface area contributed by atoms with Gasteiger partial charge in [-0.3, -0.25) is 4.79 Å². The Kier molecular flexibility index (Phi) is 6.24. The Morgan fingerprint density at radius 1 is 0.969 bits per heavy atom. The third-order valence-electron chi connectivity index (χ3n) is 5.50. The molecule has 0 atom stereocenters. The van der Waals surface area contributed by atoms with Gasteiger partial charge in [0.1, 0.15) is 0 Å². The van der Waals surface area contributed by atoms with E-state index in [4.69, 9.17) is 11.6 Å². The van der Waals surface area contributed by atoms with Gasteiger partial charge in [0, 0.05) is 45.6 Å². The van der Waals surface area contributed by atoms with Gasteiger partial charge in [0.05, 0.1) is 11.4 Å². The first-order chi connectivity index (χ1) is 15.3. The van der Waals surface area contributed by atoms with Crippen molar-refractivity contribution < 1.29 is 13.2 Å². The van der Waals surface area contributed by atoms with Crippen LogP contribution in [-0.2, 0) is 21.4 Å². The Morgan fingerprint density at radius 2 is 1.66 bits per heavy atom. The lowest BCUT2D eigenvalue weighted by Crippen LogP contribution is -2.37. The van der Waals surface area contributed by atoms with Crippen LogP contribution in [0.3, 0.4) is 0 Å². The van der Waals surface area contributed by atoms with E-state index in [1.807, 2.05) is 30.3 Å². The van der Waals surface area contributed by atoms with Crippen LogP contribution in [0, 0.1) is 0 Å². The summed E-state index contributed by atoms with van der Waals surface area (Å²) in [6.07, 6.45) is 0. The Bertz CT molecular complexity index is 1400. The van der Waals surface area contributed by atoms with Crippen LogP contribution in [0.5, 0.6) is 0 Å². The Morgan fingerprint density at radius 3 is 2.34 bits per heavy atom. The number of hydrogen-bond acceptors (Lipinski definition) is 3. The molecule has 0 fully saturated rings. The summed E-state index contributed by atoms with van der Waals surface area (Å²) >= 11 is 5.86. The van der Waals surface area contributed by atoms with Crippen molar-refractivity contribution in [2.45, 2.75) is 25.3 Å². The molecular weight excluding hydrogens is 446 g/mol. The zero-order valence-corrected chi connectivity index (χ0v) is 19.4. The number of anilines is 1. The summed E-state index contributed by atoms with van der Waals surface area (Å²) in [4.78, 5) is 12.8. The van der Waals surface area contributed by atoms with Crippen LogP contribution in [0.25, 0.3) is 21.8 Å². The van der Waals surface area contributed by atoms with Crippen LogP contribution >= 0.6 is 11.6 Å². The molecule has 0 aliphatic heterocycles. The highest BCUT2D eigenvalue weighted by Crippen LogP contribution is 2.31. The molecule has 1 aromatic heterocycles. The van der Waals surface area contributed by atoms with Gasteiger partial charge in [0.15, 0.2) is 0 Å². The fourth-order valence-electron chi connectivity index (χ4n) is 3.96. The molecule has 0 bridgehead atoms. The average molecular weight is 470 g/mol. The quantitative estimate of drug-likeness (QED) is 0.408. The fraction of sp³-hybridized carbons (Fsp3) is 0.208. The maximum absolute atomic E-state index is 12.9. The minimum Gasteiger partial charge on any atom is -0.341 e. The number of aryl methyl sites for hydroxylation is 1. The van der Waals surface area contributed by atoms with E-state index in [0.29, 0.717) is 10.7 Å². The van der Waals surface area contributed by atoms with Gasteiger partial charge in [0.2, 0.25) is 15.9 Å². The number of likely N-dealkylation sites (N-methyl/N-ethyl adjacent to an activating group) is 1. The monoisotopic (exact) mass is 469 g/mol. The van der Waals surface area contributed by atoms with Crippen LogP contribution in [0.2, 0.25) is 5.02 Å². The number of hydrogen-bond donors (Lipinski definition) is 1. The Balaban J connectivity index is 1.58. The molecule has 0 radical (unpaired) electrons. The van der Waals surface area contributed by atoms with Gasteiger partial charge in [0.25, 0.3) is 0 Å². The third-order valence-corrected chi connectivity index (χ3v) is 7.68. The number of nitrogens with zero attached hydrogens (tertiary/aromatic N) is 2. The predicted molar refractivity (Wildman–Crippen MR) is 130 cm³/mol. The summed E-state index contributed by atoms with van der Waals surface area (Å²) in [5, 5.41) is 5.45. The number of benzene rings is 3. The second kappa shape index (κ2) is 8.94. The fourth-order valence-corrected chi connectivity index (χ4v) is 5.49. The van der Waals surface area contributed by atoms with Gasteiger partial charge in [-0.1, -0.05) is 36.7 Å². The highest BCUT2D eigenvalue weighted by molar-refractivity contribution is 7.89. The molecule has 1 amide bonds. The molecule has 32 heavy (non-hydrogen) atoms. The lowest BCUT2D eigenvalue weighted by atomic mass is 10.1. The molecular formula is C24H24ClN3O3S. The molecule has 6 nitrogen and oxygen atoms in total. The summed E-state index contributed by atoms with van der Waals surface area (Å²) in [5.41, 5.74) is 2.85. The van der Waals surface area contributed by atoms with E-state index in [-0.39, 0.29) is 18.0 Å². The summed E-state index contributed by atoms with van der Waals surface area (Å²) in [6.45, 7) is 4.52. The minimum atomic E-state index is -3.81. The molecule has 4 aromatic rings. The standard InChI is InChI=1S/C24H24ClN3O3S/c1-3-27(32(30,31)19-12-9-17(25)10-13-19)16-24(29)26-18-11-14-23-21(15-18)20-7-5-6-8-22(20)28(23)4-2/h5-15H,3-4,16H2,1-2H3,(H,26,29). The molecule has 1 N–H and O–H groups in total. The van der Waals surface area contributed by atoms with Gasteiger partial charge in [-0.2, -0.15) is 4.31 Å². The molecule has 166 valence electrons. The van der Waals surface area contributed by atoms with E-state index in [2.05, 4.69) is 28.9 Å². The summed E-state index contributed by atoms with van der Waals surface area (Å²) in [6, 6.07) is 19.8. The SMILES string of the molecule is CCN(CC(=O)Nc1ccc2c(c1)c1ccccc1n2CC)S(=O)(=O)c1ccc(Cl)cc1. The van der Waals surface area contributed by atoms with E-state index in [9.17, 15) is 13.2 Å². The van der Waals surface area contributed by atoms with Crippen molar-refractivity contribution in [3.63, 3.8) is 0 Å². The number of amides is 1. The Labute approximate surface area is 192 Å². The first kappa shape index (κ1) is 22.3. The number of nitrogens with one attached hydrogen (secondary N) is 1. The van der Waals surface area contributed by atoms with Crippen LogP contribution in [0.4, 0.5) is 5.69 Å². The number of sulfonamides is 1. The number of carbonyl (C=O) groups excluding carboxylic acids is 1. The molecule has 1 heterocycles. The number of para-hydroxylation sites is 1. The number of halogens is 1. The van der Waals surface area contributed by atoms with Crippen molar-refractivity contribution in [2.75, 3.05) is 18.4 Å². The second-order valence-electron chi connectivity index (χ2n) is 7.43. The zero-order chi connectivity index (χ0) is 22.9. The largest absolute Gasteiger partial charge is 0.341 e. The molecule has 0 saturated heterocycles. The molecule has 3 aromatic carbocycles. The number of aromatic nitrogens is 1. The van der Waals surface area contributed by atoms with E-state index in [0.717, 1.165) is 32.7 Å². The van der Waals surface area contributed by atoms with E-state index in [1.54, 1.807) is 6.92 Å². The minimum absolute atomic E-state index is 0.102. The van der Waals surface area contributed by atoms with Gasteiger partial charge >= 0.3 is 0 Å². The Hall–Kier alpha value is -2.87. The molecule has 0 spiro atoms. The van der Waals surface area contributed by atoms with E-state index in [1.165, 1.54) is 24.3 Å². The van der Waals surface area contributed by atoms with Gasteiger partial charge in [-0.05, 0) is 55.5 Å². The average Bonchev–Trinajstić information content (AvgIpc) is 3.10. The van der Waals surface area contributed by atoms with Crippen molar-refractivity contribution in [3.8, 4) is 0 Å². The number of fused-ring (bicyclic) bond motifs is 3. The van der Waals surface area contributed by atoms with E-state index >= 15 is 0 Å². The summed E-state index contributed by atoms with van der Waals surface area (Å²) in [7, 11) is -3.81. The maximum Gasteiger partial charge on any atom is 0.243 e. The van der Waals surface area contributed by atoms with Crippen molar-refractivity contribution in [3.05, 3.63) is 71.8 Å². The smallest absolute Gasteiger partial charge is 0.243 e. The highest BCUT2D eigenvalue weighted by atomic mass is 35.5. The van der Waals surface area contributed by atoms with Crippen molar-refractivity contribution in [2.24, 2.45) is 0 Å². The lowest BCUT2D eigenvalue weighted by Gasteiger charge is -2.20. The first-order valence-corrected chi connectivity index (χ1v) is 12.2. The van der Waals surface area contributed by atoms with Gasteiger partial charge in [-0.25, -0.2) is 8.42 Å². The molecule has 0 aliphatic carbocycles. The predicted octanol–water partition coefficient (Wildman–Crippen LogP) is 5.12. The topological polar surface area (TPSA) is 71.4 Å².